The van der Waals surface area contributed by atoms with E-state index in [1.807, 2.05) is 62.4 Å². The number of carbonyl (C=O) groups is 3. The number of imide groups is 1. The molecule has 16 nitrogen and oxygen atoms in total. The molecule has 0 radical (unpaired) electrons. The van der Waals surface area contributed by atoms with Crippen LogP contribution in [0.15, 0.2) is 96.1 Å². The largest absolute Gasteiger partial charge is 0.507 e. The molecule has 0 spiro atoms. The van der Waals surface area contributed by atoms with Gasteiger partial charge in [-0.05, 0) is 97.9 Å². The molecule has 6 rings (SSSR count). The molecule has 71 heavy (non-hydrogen) atoms. The fourth-order valence-corrected chi connectivity index (χ4v) is 9.62. The number of nitrogens with zero attached hydrogens (tertiary/aromatic N) is 3. The second-order valence-electron chi connectivity index (χ2n) is 18.8. The van der Waals surface area contributed by atoms with Crippen molar-refractivity contribution < 1.29 is 61.0 Å². The van der Waals surface area contributed by atoms with Crippen LogP contribution < -0.4 is 9.80 Å². The molecule has 2 amide bonds. The van der Waals surface area contributed by atoms with E-state index in [0.29, 0.717) is 119 Å². The Hall–Kier alpha value is -5.66. The van der Waals surface area contributed by atoms with Gasteiger partial charge in [-0.2, -0.15) is 8.42 Å². The minimum absolute atomic E-state index is 0.000350. The molecule has 3 aromatic carbocycles. The normalized spacial score (nSPS) is 16.9. The molecule has 1 fully saturated rings. The fraction of sp³-hybridized carbons (Fsp3) is 0.463. The van der Waals surface area contributed by atoms with E-state index in [1.165, 1.54) is 12.1 Å². The standard InChI is InChI=1S/C54H69N3O13S/c1-38(40-14-10-8-11-15-40)32-41(44-35-43-39(2)37-53(3,4)56(47(43)36-48(44)58)22-23-66-26-27-68-30-31-69-29-28-67-25-24-65-7)33-49-54(5,6)45-34-42(71(62,63)64)17-18-46(45)55(49)21-13-9-12-16-52(61)70-57-50(59)19-20-51(57)60/h8,10-11,14-15,17-18,32-37,58H,1,9,12-13,16,19-31H2,2-7H3,(H,62,63,64)/b41-32-,49-33-. The van der Waals surface area contributed by atoms with Gasteiger partial charge in [0, 0.05) is 79.1 Å². The van der Waals surface area contributed by atoms with E-state index in [-0.39, 0.29) is 29.9 Å². The monoisotopic (exact) mass is 999 g/mol. The number of amides is 2. The maximum atomic E-state index is 12.6. The predicted molar refractivity (Wildman–Crippen MR) is 272 cm³/mol. The topological polar surface area (TPSA) is 191 Å². The van der Waals surface area contributed by atoms with E-state index in [1.54, 1.807) is 19.2 Å². The molecular formula is C54H69N3O13S. The molecule has 2 N–H and O–H groups in total. The first-order valence-electron chi connectivity index (χ1n) is 24.1. The molecule has 0 saturated carbocycles. The Morgan fingerprint density at radius 1 is 0.789 bits per heavy atom. The van der Waals surface area contributed by atoms with Gasteiger partial charge >= 0.3 is 5.97 Å². The summed E-state index contributed by atoms with van der Waals surface area (Å²) in [5, 5.41) is 12.8. The van der Waals surface area contributed by atoms with Gasteiger partial charge in [0.05, 0.1) is 69.9 Å². The number of unbranched alkanes of at least 4 members (excludes halogenated alkanes) is 2. The molecule has 0 aliphatic carbocycles. The summed E-state index contributed by atoms with van der Waals surface area (Å²) in [5.41, 5.74) is 6.57. The number of phenols is 1. The number of carbonyl (C=O) groups excluding carboxylic acids is 3. The SMILES string of the molecule is C=C(/C=C(/C=C1\N(CCCCCC(=O)ON2C(=O)CCC2=O)c2ccc(S(=O)(=O)O)cc2C1(C)C)c1cc2c(cc1O)N(CCOCCOCCOCCOCCOC)C(C)(C)C=C2C)c1ccccc1. The first-order valence-corrected chi connectivity index (χ1v) is 25.6. The van der Waals surface area contributed by atoms with Gasteiger partial charge in [-0.1, -0.05) is 63.3 Å². The summed E-state index contributed by atoms with van der Waals surface area (Å²) >= 11 is 0. The first kappa shape index (κ1) is 54.7. The van der Waals surface area contributed by atoms with Gasteiger partial charge in [-0.25, -0.2) is 4.79 Å². The highest BCUT2D eigenvalue weighted by molar-refractivity contribution is 7.85. The van der Waals surface area contributed by atoms with Gasteiger partial charge in [0.1, 0.15) is 5.75 Å². The van der Waals surface area contributed by atoms with Crippen molar-refractivity contribution in [3.8, 4) is 5.75 Å². The maximum absolute atomic E-state index is 12.6. The second kappa shape index (κ2) is 24.6. The van der Waals surface area contributed by atoms with Gasteiger partial charge in [-0.15, -0.1) is 5.06 Å². The highest BCUT2D eigenvalue weighted by Gasteiger charge is 2.41. The zero-order valence-electron chi connectivity index (χ0n) is 41.9. The third kappa shape index (κ3) is 14.1. The average molecular weight is 1000 g/mol. The lowest BCUT2D eigenvalue weighted by Crippen LogP contribution is -2.46. The van der Waals surface area contributed by atoms with Gasteiger partial charge in [0.2, 0.25) is 0 Å². The van der Waals surface area contributed by atoms with Crippen molar-refractivity contribution in [2.45, 2.75) is 89.0 Å². The number of methoxy groups -OCH3 is 1. The van der Waals surface area contributed by atoms with Crippen LogP contribution in [0.2, 0.25) is 0 Å². The summed E-state index contributed by atoms with van der Waals surface area (Å²) < 4.78 is 62.7. The highest BCUT2D eigenvalue weighted by Crippen LogP contribution is 2.51. The van der Waals surface area contributed by atoms with E-state index >= 15 is 0 Å². The van der Waals surface area contributed by atoms with Crippen LogP contribution in [0.4, 0.5) is 11.4 Å². The van der Waals surface area contributed by atoms with Crippen LogP contribution in [0.25, 0.3) is 16.7 Å². The molecule has 3 heterocycles. The molecule has 384 valence electrons. The number of anilines is 2. The van der Waals surface area contributed by atoms with E-state index < -0.39 is 38.9 Å². The van der Waals surface area contributed by atoms with Crippen LogP contribution in [0, 0.1) is 0 Å². The van der Waals surface area contributed by atoms with Crippen molar-refractivity contribution in [2.24, 2.45) is 0 Å². The van der Waals surface area contributed by atoms with Crippen molar-refractivity contribution in [1.29, 1.82) is 0 Å². The number of allylic oxidation sites excluding steroid dienone is 6. The van der Waals surface area contributed by atoms with Gasteiger partial charge in [0.15, 0.2) is 0 Å². The van der Waals surface area contributed by atoms with Crippen LogP contribution in [0.1, 0.15) is 95.4 Å². The minimum Gasteiger partial charge on any atom is -0.507 e. The average Bonchev–Trinajstić information content (AvgIpc) is 3.74. The number of hydroxylamine groups is 2. The van der Waals surface area contributed by atoms with E-state index in [9.17, 15) is 32.5 Å². The first-order chi connectivity index (χ1) is 33.8. The molecule has 0 atom stereocenters. The van der Waals surface area contributed by atoms with Gasteiger partial charge < -0.3 is 43.4 Å². The molecule has 1 saturated heterocycles. The number of hydrogen-bond donors (Lipinski definition) is 2. The molecule has 3 aliphatic heterocycles. The van der Waals surface area contributed by atoms with Crippen molar-refractivity contribution in [3.05, 3.63) is 113 Å². The van der Waals surface area contributed by atoms with Crippen LogP contribution in [-0.2, 0) is 58.4 Å². The Balaban J connectivity index is 1.25. The van der Waals surface area contributed by atoms with Crippen molar-refractivity contribution >= 4 is 56.0 Å². The van der Waals surface area contributed by atoms with E-state index in [2.05, 4.69) is 43.2 Å². The lowest BCUT2D eigenvalue weighted by atomic mass is 9.82. The maximum Gasteiger partial charge on any atom is 0.333 e. The number of ether oxygens (including phenoxy) is 5. The number of hydrogen-bond acceptors (Lipinski definition) is 14. The summed E-state index contributed by atoms with van der Waals surface area (Å²) in [6.45, 7) is 19.9. The van der Waals surface area contributed by atoms with Crippen LogP contribution in [0.5, 0.6) is 5.75 Å². The minimum atomic E-state index is -4.54. The van der Waals surface area contributed by atoms with Crippen molar-refractivity contribution in [2.75, 3.05) is 89.5 Å². The number of phenolic OH excluding ortho intramolecular Hbond substituents is 1. The molecular weight excluding hydrogens is 931 g/mol. The van der Waals surface area contributed by atoms with Gasteiger partial charge in [-0.3, -0.25) is 14.1 Å². The molecule has 17 heteroatoms. The summed E-state index contributed by atoms with van der Waals surface area (Å²) in [5.74, 6) is -1.70. The number of fused-ring (bicyclic) bond motifs is 2. The van der Waals surface area contributed by atoms with Crippen LogP contribution in [-0.4, -0.2) is 126 Å². The summed E-state index contributed by atoms with van der Waals surface area (Å²) in [6.07, 6.45) is 7.79. The summed E-state index contributed by atoms with van der Waals surface area (Å²) in [7, 11) is -2.91. The smallest absolute Gasteiger partial charge is 0.333 e. The predicted octanol–water partition coefficient (Wildman–Crippen LogP) is 8.30. The van der Waals surface area contributed by atoms with E-state index in [0.717, 1.165) is 33.8 Å². The fourth-order valence-electron chi connectivity index (χ4n) is 9.12. The third-order valence-corrected chi connectivity index (χ3v) is 13.7. The zero-order valence-corrected chi connectivity index (χ0v) is 42.7. The highest BCUT2D eigenvalue weighted by atomic mass is 32.2. The number of aromatic hydroxyl groups is 1. The lowest BCUT2D eigenvalue weighted by molar-refractivity contribution is -0.197. The number of benzene rings is 3. The van der Waals surface area contributed by atoms with E-state index in [4.69, 9.17) is 28.5 Å². The molecule has 0 bridgehead atoms. The van der Waals surface area contributed by atoms with Crippen molar-refractivity contribution in [1.82, 2.24) is 5.06 Å². The lowest BCUT2D eigenvalue weighted by Gasteiger charge is -2.43. The van der Waals surface area contributed by atoms with Crippen LogP contribution in [0.3, 0.4) is 0 Å². The molecule has 3 aliphatic rings. The Labute approximate surface area is 418 Å². The molecule has 0 aromatic heterocycles. The number of rotatable bonds is 27. The zero-order chi connectivity index (χ0) is 51.3. The quantitative estimate of drug-likeness (QED) is 0.0321. The summed E-state index contributed by atoms with van der Waals surface area (Å²) in [6, 6.07) is 18.1. The summed E-state index contributed by atoms with van der Waals surface area (Å²) in [4.78, 5) is 45.7. The Kier molecular flexibility index (Phi) is 19.0. The van der Waals surface area contributed by atoms with Crippen molar-refractivity contribution in [3.63, 3.8) is 0 Å². The Morgan fingerprint density at radius 3 is 2.03 bits per heavy atom. The molecule has 3 aromatic rings. The second-order valence-corrected chi connectivity index (χ2v) is 20.2. The Morgan fingerprint density at radius 2 is 1.41 bits per heavy atom. The van der Waals surface area contributed by atoms with Gasteiger partial charge in [0.25, 0.3) is 21.9 Å². The Bertz CT molecular complexity index is 2590. The third-order valence-electron chi connectivity index (χ3n) is 12.8. The molecule has 0 unspecified atom stereocenters. The van der Waals surface area contributed by atoms with Crippen LogP contribution >= 0.6 is 0 Å².